The zero-order chi connectivity index (χ0) is 14.5. The first-order valence-corrected chi connectivity index (χ1v) is 6.37. The maximum Gasteiger partial charge on any atom is 0.326 e. The monoisotopic (exact) mass is 276 g/mol. The number of amides is 2. The van der Waals surface area contributed by atoms with Gasteiger partial charge in [0.25, 0.3) is 0 Å². The Morgan fingerprint density at radius 1 is 1.30 bits per heavy atom. The van der Waals surface area contributed by atoms with Crippen LogP contribution in [0.25, 0.3) is 0 Å². The number of nitrogens with two attached hydrogens (primary N) is 1. The van der Waals surface area contributed by atoms with Gasteiger partial charge in [0.15, 0.2) is 0 Å². The molecule has 1 aliphatic heterocycles. The van der Waals surface area contributed by atoms with Crippen molar-refractivity contribution in [2.75, 3.05) is 6.54 Å². The minimum atomic E-state index is -0.713. The molecule has 0 spiro atoms. The highest BCUT2D eigenvalue weighted by molar-refractivity contribution is 6.02. The lowest BCUT2D eigenvalue weighted by Crippen LogP contribution is -2.52. The third-order valence-electron chi connectivity index (χ3n) is 3.08. The van der Waals surface area contributed by atoms with Crippen LogP contribution in [0.15, 0.2) is 30.3 Å². The molecular weight excluding hydrogens is 260 g/mol. The summed E-state index contributed by atoms with van der Waals surface area (Å²) in [6.07, 6.45) is 0.506. The molecule has 1 heterocycles. The van der Waals surface area contributed by atoms with Crippen LogP contribution in [0, 0.1) is 0 Å². The molecule has 1 aliphatic rings. The molecule has 106 valence electrons. The van der Waals surface area contributed by atoms with Gasteiger partial charge in [-0.1, -0.05) is 30.3 Å². The number of benzene rings is 1. The van der Waals surface area contributed by atoms with Gasteiger partial charge in [0.1, 0.15) is 13.2 Å². The molecule has 2 amide bonds. The van der Waals surface area contributed by atoms with Gasteiger partial charge in [0.2, 0.25) is 11.8 Å². The lowest BCUT2D eigenvalue weighted by Gasteiger charge is -2.27. The number of likely N-dealkylation sites (tertiary alicyclic amines) is 1. The van der Waals surface area contributed by atoms with E-state index in [1.165, 1.54) is 0 Å². The smallest absolute Gasteiger partial charge is 0.326 e. The summed E-state index contributed by atoms with van der Waals surface area (Å²) in [5.74, 6) is -1.52. The lowest BCUT2D eigenvalue weighted by molar-refractivity contribution is -0.158. The maximum atomic E-state index is 11.7. The van der Waals surface area contributed by atoms with E-state index in [0.717, 1.165) is 10.5 Å². The van der Waals surface area contributed by atoms with Crippen molar-refractivity contribution in [3.05, 3.63) is 35.9 Å². The topological polar surface area (TPSA) is 89.7 Å². The maximum absolute atomic E-state index is 11.7. The van der Waals surface area contributed by atoms with E-state index in [-0.39, 0.29) is 25.5 Å². The van der Waals surface area contributed by atoms with E-state index < -0.39 is 17.9 Å². The number of carbonyl (C=O) groups excluding carboxylic acids is 3. The molecule has 2 rings (SSSR count). The highest BCUT2D eigenvalue weighted by Crippen LogP contribution is 2.11. The number of carbonyl (C=O) groups is 3. The summed E-state index contributed by atoms with van der Waals surface area (Å²) in [5, 5.41) is 0. The molecular formula is C14H16N2O4. The molecule has 1 atom stereocenters. The van der Waals surface area contributed by atoms with Gasteiger partial charge in [-0.25, -0.2) is 0 Å². The Morgan fingerprint density at radius 3 is 2.70 bits per heavy atom. The minimum absolute atomic E-state index is 0.113. The van der Waals surface area contributed by atoms with Gasteiger partial charge >= 0.3 is 5.97 Å². The lowest BCUT2D eigenvalue weighted by atomic mass is 10.1. The van der Waals surface area contributed by atoms with Gasteiger partial charge in [-0.2, -0.15) is 0 Å². The molecule has 0 aromatic heterocycles. The predicted molar refractivity (Wildman–Crippen MR) is 70.2 cm³/mol. The van der Waals surface area contributed by atoms with Gasteiger partial charge in [0, 0.05) is 6.42 Å². The fraction of sp³-hybridized carbons (Fsp3) is 0.357. The van der Waals surface area contributed by atoms with E-state index in [1.807, 2.05) is 30.3 Å². The van der Waals surface area contributed by atoms with E-state index in [1.54, 1.807) is 0 Å². The molecule has 1 fully saturated rings. The van der Waals surface area contributed by atoms with E-state index in [4.69, 9.17) is 10.5 Å². The number of imide groups is 1. The third kappa shape index (κ3) is 3.42. The summed E-state index contributed by atoms with van der Waals surface area (Å²) in [4.78, 5) is 35.9. The highest BCUT2D eigenvalue weighted by atomic mass is 16.5. The number of rotatable bonds is 4. The molecule has 0 radical (unpaired) electrons. The first kappa shape index (κ1) is 14.2. The summed E-state index contributed by atoms with van der Waals surface area (Å²) >= 11 is 0. The molecule has 0 unspecified atom stereocenters. The van der Waals surface area contributed by atoms with E-state index >= 15 is 0 Å². The fourth-order valence-corrected chi connectivity index (χ4v) is 1.94. The van der Waals surface area contributed by atoms with Crippen LogP contribution in [-0.2, 0) is 25.7 Å². The number of ether oxygens (including phenoxy) is 1. The molecule has 2 N–H and O–H groups in total. The first-order chi connectivity index (χ1) is 9.58. The Balaban J connectivity index is 1.87. The molecule has 6 heteroatoms. The van der Waals surface area contributed by atoms with Gasteiger partial charge in [0.05, 0.1) is 6.04 Å². The first-order valence-electron chi connectivity index (χ1n) is 6.37. The predicted octanol–water partition coefficient (Wildman–Crippen LogP) is 0.206. The number of hydrogen-bond acceptors (Lipinski definition) is 5. The molecule has 0 bridgehead atoms. The third-order valence-corrected chi connectivity index (χ3v) is 3.08. The second-order valence-electron chi connectivity index (χ2n) is 4.61. The van der Waals surface area contributed by atoms with E-state index in [0.29, 0.717) is 6.42 Å². The summed E-state index contributed by atoms with van der Waals surface area (Å²) < 4.78 is 5.04. The summed E-state index contributed by atoms with van der Waals surface area (Å²) in [6, 6.07) is 8.45. The quantitative estimate of drug-likeness (QED) is 0.627. The SMILES string of the molecule is N[C@H]1CCC(=O)N(CC(=O)OCc2ccccc2)C1=O. The standard InChI is InChI=1S/C14H16N2O4/c15-11-6-7-12(17)16(14(11)19)8-13(18)20-9-10-4-2-1-3-5-10/h1-5,11H,6-9,15H2/t11-/m0/s1. The zero-order valence-electron chi connectivity index (χ0n) is 11.0. The van der Waals surface area contributed by atoms with Crippen molar-refractivity contribution in [1.29, 1.82) is 0 Å². The van der Waals surface area contributed by atoms with Crippen molar-refractivity contribution < 1.29 is 19.1 Å². The van der Waals surface area contributed by atoms with E-state index in [2.05, 4.69) is 0 Å². The van der Waals surface area contributed by atoms with Crippen molar-refractivity contribution in [2.45, 2.75) is 25.5 Å². The second-order valence-corrected chi connectivity index (χ2v) is 4.61. The Labute approximate surface area is 116 Å². The van der Waals surface area contributed by atoms with Crippen LogP contribution >= 0.6 is 0 Å². The Morgan fingerprint density at radius 2 is 2.00 bits per heavy atom. The zero-order valence-corrected chi connectivity index (χ0v) is 11.0. The molecule has 6 nitrogen and oxygen atoms in total. The summed E-state index contributed by atoms with van der Waals surface area (Å²) in [7, 11) is 0. The van der Waals surface area contributed by atoms with Crippen LogP contribution in [0.1, 0.15) is 18.4 Å². The van der Waals surface area contributed by atoms with E-state index in [9.17, 15) is 14.4 Å². The van der Waals surface area contributed by atoms with Crippen LogP contribution in [0.2, 0.25) is 0 Å². The minimum Gasteiger partial charge on any atom is -0.459 e. The number of nitrogens with zero attached hydrogens (tertiary/aromatic N) is 1. The molecule has 0 saturated carbocycles. The Kier molecular flexibility index (Phi) is 4.47. The van der Waals surface area contributed by atoms with Gasteiger partial charge in [-0.05, 0) is 12.0 Å². The Bertz CT molecular complexity index is 515. The van der Waals surface area contributed by atoms with Crippen molar-refractivity contribution in [2.24, 2.45) is 5.73 Å². The molecule has 0 aliphatic carbocycles. The number of esters is 1. The fourth-order valence-electron chi connectivity index (χ4n) is 1.94. The average molecular weight is 276 g/mol. The highest BCUT2D eigenvalue weighted by Gasteiger charge is 2.33. The van der Waals surface area contributed by atoms with Crippen molar-refractivity contribution in [1.82, 2.24) is 4.90 Å². The molecule has 1 aromatic carbocycles. The van der Waals surface area contributed by atoms with Crippen LogP contribution in [0.4, 0.5) is 0 Å². The van der Waals surface area contributed by atoms with Gasteiger partial charge < -0.3 is 10.5 Å². The molecule has 1 saturated heterocycles. The second kappa shape index (κ2) is 6.29. The van der Waals surface area contributed by atoms with Crippen LogP contribution in [0.3, 0.4) is 0 Å². The van der Waals surface area contributed by atoms with Crippen molar-refractivity contribution >= 4 is 17.8 Å². The molecule has 20 heavy (non-hydrogen) atoms. The van der Waals surface area contributed by atoms with Crippen LogP contribution in [-0.4, -0.2) is 35.3 Å². The van der Waals surface area contributed by atoms with Gasteiger partial charge in [-0.3, -0.25) is 19.3 Å². The Hall–Kier alpha value is -2.21. The largest absolute Gasteiger partial charge is 0.459 e. The summed E-state index contributed by atoms with van der Waals surface area (Å²) in [6.45, 7) is -0.264. The van der Waals surface area contributed by atoms with Crippen LogP contribution < -0.4 is 5.73 Å². The van der Waals surface area contributed by atoms with Crippen molar-refractivity contribution in [3.8, 4) is 0 Å². The molecule has 1 aromatic rings. The van der Waals surface area contributed by atoms with Crippen LogP contribution in [0.5, 0.6) is 0 Å². The number of hydrogen-bond donors (Lipinski definition) is 1. The number of piperidine rings is 1. The average Bonchev–Trinajstić information content (AvgIpc) is 2.46. The van der Waals surface area contributed by atoms with Gasteiger partial charge in [-0.15, -0.1) is 0 Å². The van der Waals surface area contributed by atoms with Crippen molar-refractivity contribution in [3.63, 3.8) is 0 Å². The summed E-state index contributed by atoms with van der Waals surface area (Å²) in [5.41, 5.74) is 6.42. The normalized spacial score (nSPS) is 19.1.